The van der Waals surface area contributed by atoms with Crippen LogP contribution in [0, 0.1) is 5.92 Å². The summed E-state index contributed by atoms with van der Waals surface area (Å²) in [4.78, 5) is 14.9. The molecule has 3 nitrogen and oxygen atoms in total. The number of nitrogens with two attached hydrogens (primary N) is 1. The van der Waals surface area contributed by atoms with E-state index in [4.69, 9.17) is 5.73 Å². The lowest BCUT2D eigenvalue weighted by molar-refractivity contribution is -0.140. The largest absolute Gasteiger partial charge is 0.338 e. The fourth-order valence-corrected chi connectivity index (χ4v) is 3.72. The second-order valence-electron chi connectivity index (χ2n) is 6.50. The Morgan fingerprint density at radius 1 is 1.00 bits per heavy atom. The van der Waals surface area contributed by atoms with Crippen molar-refractivity contribution in [1.82, 2.24) is 4.90 Å². The molecule has 2 fully saturated rings. The van der Waals surface area contributed by atoms with Crippen LogP contribution in [0.1, 0.15) is 71.1 Å². The van der Waals surface area contributed by atoms with Crippen LogP contribution in [0.5, 0.6) is 0 Å². The summed E-state index contributed by atoms with van der Waals surface area (Å²) in [7, 11) is 0. The molecule has 2 aliphatic rings. The Kier molecular flexibility index (Phi) is 5.68. The smallest absolute Gasteiger partial charge is 0.225 e. The molecular formula is C16H30N2O. The summed E-state index contributed by atoms with van der Waals surface area (Å²) in [6.07, 6.45) is 12.1. The maximum atomic E-state index is 12.8. The van der Waals surface area contributed by atoms with E-state index in [1.54, 1.807) is 0 Å². The van der Waals surface area contributed by atoms with Gasteiger partial charge in [-0.15, -0.1) is 0 Å². The van der Waals surface area contributed by atoms with Crippen molar-refractivity contribution in [3.63, 3.8) is 0 Å². The minimum atomic E-state index is 0.109. The number of likely N-dealkylation sites (tertiary alicyclic amines) is 1. The van der Waals surface area contributed by atoms with Crippen molar-refractivity contribution in [3.8, 4) is 0 Å². The molecule has 110 valence electrons. The highest BCUT2D eigenvalue weighted by molar-refractivity contribution is 5.79. The number of nitrogens with zero attached hydrogens (tertiary/aromatic N) is 1. The predicted octanol–water partition coefficient (Wildman–Crippen LogP) is 3.08. The van der Waals surface area contributed by atoms with Crippen LogP contribution in [0.2, 0.25) is 0 Å². The van der Waals surface area contributed by atoms with Crippen molar-refractivity contribution in [2.45, 2.75) is 83.2 Å². The number of carbonyl (C=O) groups is 1. The summed E-state index contributed by atoms with van der Waals surface area (Å²) < 4.78 is 0. The van der Waals surface area contributed by atoms with Gasteiger partial charge in [0.15, 0.2) is 0 Å². The van der Waals surface area contributed by atoms with E-state index in [0.717, 1.165) is 32.2 Å². The van der Waals surface area contributed by atoms with Crippen LogP contribution in [0.15, 0.2) is 0 Å². The molecule has 0 aromatic rings. The van der Waals surface area contributed by atoms with Gasteiger partial charge in [-0.05, 0) is 39.0 Å². The van der Waals surface area contributed by atoms with Crippen molar-refractivity contribution in [2.75, 3.05) is 6.54 Å². The molecular weight excluding hydrogens is 236 g/mol. The number of rotatable bonds is 2. The van der Waals surface area contributed by atoms with Gasteiger partial charge < -0.3 is 10.6 Å². The van der Waals surface area contributed by atoms with E-state index in [-0.39, 0.29) is 18.0 Å². The molecule has 0 spiro atoms. The molecule has 2 atom stereocenters. The average molecular weight is 266 g/mol. The molecule has 1 heterocycles. The minimum Gasteiger partial charge on any atom is -0.338 e. The predicted molar refractivity (Wildman–Crippen MR) is 78.8 cm³/mol. The molecule has 0 aromatic carbocycles. The summed E-state index contributed by atoms with van der Waals surface area (Å²) in [6.45, 7) is 2.98. The first-order valence-electron chi connectivity index (χ1n) is 8.26. The molecule has 1 saturated carbocycles. The van der Waals surface area contributed by atoms with Crippen LogP contribution >= 0.6 is 0 Å². The normalized spacial score (nSPS) is 28.5. The van der Waals surface area contributed by atoms with E-state index in [0.29, 0.717) is 5.91 Å². The van der Waals surface area contributed by atoms with Gasteiger partial charge in [0, 0.05) is 24.5 Å². The van der Waals surface area contributed by atoms with Gasteiger partial charge in [-0.3, -0.25) is 4.79 Å². The molecule has 0 aromatic heterocycles. The summed E-state index contributed by atoms with van der Waals surface area (Å²) >= 11 is 0. The molecule has 2 unspecified atom stereocenters. The monoisotopic (exact) mass is 266 g/mol. The summed E-state index contributed by atoms with van der Waals surface area (Å²) in [5, 5.41) is 0. The third-order valence-corrected chi connectivity index (χ3v) is 4.89. The molecule has 2 rings (SSSR count). The summed E-state index contributed by atoms with van der Waals surface area (Å²) in [6, 6.07) is 0.393. The van der Waals surface area contributed by atoms with Crippen molar-refractivity contribution in [1.29, 1.82) is 0 Å². The van der Waals surface area contributed by atoms with E-state index in [1.165, 1.54) is 38.5 Å². The lowest BCUT2D eigenvalue weighted by atomic mass is 9.88. The minimum absolute atomic E-state index is 0.109. The third kappa shape index (κ3) is 3.95. The second-order valence-corrected chi connectivity index (χ2v) is 6.50. The van der Waals surface area contributed by atoms with Gasteiger partial charge in [-0.2, -0.15) is 0 Å². The Labute approximate surface area is 117 Å². The number of amides is 1. The maximum Gasteiger partial charge on any atom is 0.225 e. The third-order valence-electron chi connectivity index (χ3n) is 4.89. The Bertz CT molecular complexity index is 282. The fourth-order valence-electron chi connectivity index (χ4n) is 3.72. The molecule has 19 heavy (non-hydrogen) atoms. The summed E-state index contributed by atoms with van der Waals surface area (Å²) in [5.41, 5.74) is 6.09. The van der Waals surface area contributed by atoms with Crippen LogP contribution < -0.4 is 5.73 Å². The zero-order valence-corrected chi connectivity index (χ0v) is 12.4. The molecule has 1 amide bonds. The quantitative estimate of drug-likeness (QED) is 0.835. The topological polar surface area (TPSA) is 46.3 Å². The first kappa shape index (κ1) is 14.8. The molecule has 0 radical (unpaired) electrons. The van der Waals surface area contributed by atoms with Crippen LogP contribution in [-0.2, 0) is 4.79 Å². The van der Waals surface area contributed by atoms with Crippen LogP contribution in [0.4, 0.5) is 0 Å². The number of piperidine rings is 1. The van der Waals surface area contributed by atoms with Crippen molar-refractivity contribution >= 4 is 5.91 Å². The number of hydrogen-bond donors (Lipinski definition) is 1. The van der Waals surface area contributed by atoms with E-state index >= 15 is 0 Å². The van der Waals surface area contributed by atoms with Crippen molar-refractivity contribution < 1.29 is 4.79 Å². The zero-order valence-electron chi connectivity index (χ0n) is 12.4. The highest BCUT2D eigenvalue weighted by atomic mass is 16.2. The van der Waals surface area contributed by atoms with Crippen LogP contribution in [0.3, 0.4) is 0 Å². The van der Waals surface area contributed by atoms with E-state index < -0.39 is 0 Å². The fraction of sp³-hybridized carbons (Fsp3) is 0.938. The summed E-state index contributed by atoms with van der Waals surface area (Å²) in [5.74, 6) is 0.684. The van der Waals surface area contributed by atoms with E-state index in [1.807, 2.05) is 6.92 Å². The zero-order chi connectivity index (χ0) is 13.7. The van der Waals surface area contributed by atoms with Gasteiger partial charge >= 0.3 is 0 Å². The van der Waals surface area contributed by atoms with E-state index in [9.17, 15) is 4.79 Å². The number of hydrogen-bond acceptors (Lipinski definition) is 2. The van der Waals surface area contributed by atoms with E-state index in [2.05, 4.69) is 4.90 Å². The van der Waals surface area contributed by atoms with Gasteiger partial charge in [-0.25, -0.2) is 0 Å². The lowest BCUT2D eigenvalue weighted by Gasteiger charge is -2.40. The number of carbonyl (C=O) groups excluding carboxylic acids is 1. The Morgan fingerprint density at radius 3 is 2.21 bits per heavy atom. The molecule has 1 saturated heterocycles. The van der Waals surface area contributed by atoms with Crippen molar-refractivity contribution in [2.24, 2.45) is 11.7 Å². The Balaban J connectivity index is 1.98. The Hall–Kier alpha value is -0.570. The SMILES string of the molecule is CC(N)C1CCCCN1C(=O)C1CCCCCCC1. The van der Waals surface area contributed by atoms with Crippen LogP contribution in [0.25, 0.3) is 0 Å². The molecule has 1 aliphatic heterocycles. The molecule has 0 bridgehead atoms. The highest BCUT2D eigenvalue weighted by Gasteiger charge is 2.32. The molecule has 2 N–H and O–H groups in total. The average Bonchev–Trinajstić information content (AvgIpc) is 2.37. The van der Waals surface area contributed by atoms with Gasteiger partial charge in [0.25, 0.3) is 0 Å². The maximum absolute atomic E-state index is 12.8. The van der Waals surface area contributed by atoms with Crippen LogP contribution in [-0.4, -0.2) is 29.4 Å². The second kappa shape index (κ2) is 7.28. The standard InChI is InChI=1S/C16H30N2O/c1-13(17)15-11-7-8-12-18(15)16(19)14-9-5-3-2-4-6-10-14/h13-15H,2-12,17H2,1H3. The van der Waals surface area contributed by atoms with Gasteiger partial charge in [0.05, 0.1) is 0 Å². The van der Waals surface area contributed by atoms with Gasteiger partial charge in [0.1, 0.15) is 0 Å². The molecule has 1 aliphatic carbocycles. The lowest BCUT2D eigenvalue weighted by Crippen LogP contribution is -2.53. The first-order valence-corrected chi connectivity index (χ1v) is 8.26. The first-order chi connectivity index (χ1) is 9.20. The van der Waals surface area contributed by atoms with Crippen molar-refractivity contribution in [3.05, 3.63) is 0 Å². The van der Waals surface area contributed by atoms with Gasteiger partial charge in [0.2, 0.25) is 5.91 Å². The molecule has 3 heteroatoms. The Morgan fingerprint density at radius 2 is 1.58 bits per heavy atom. The van der Waals surface area contributed by atoms with Gasteiger partial charge in [-0.1, -0.05) is 32.1 Å². The highest BCUT2D eigenvalue weighted by Crippen LogP contribution is 2.27.